The molecule has 1 aromatic rings. The van der Waals surface area contributed by atoms with E-state index >= 15 is 0 Å². The second kappa shape index (κ2) is 6.61. The Kier molecular flexibility index (Phi) is 5.85. The van der Waals surface area contributed by atoms with E-state index in [-0.39, 0.29) is 17.2 Å². The molecule has 0 aliphatic rings. The van der Waals surface area contributed by atoms with E-state index in [0.717, 1.165) is 10.6 Å². The van der Waals surface area contributed by atoms with Crippen molar-refractivity contribution in [3.05, 3.63) is 34.9 Å². The Balaban J connectivity index is 2.95. The average molecular weight is 315 g/mol. The lowest BCUT2D eigenvalue weighted by atomic mass is 10.1. The standard InChI is InChI=1S/C16H27ClO2Si/c1-12(19-20(6,7)16(2,3)4)15(18-5)13-10-8-9-11-14(13)17/h8-12,15H,1-7H3. The van der Waals surface area contributed by atoms with Gasteiger partial charge in [-0.2, -0.15) is 0 Å². The molecule has 2 nitrogen and oxygen atoms in total. The molecule has 0 amide bonds. The predicted molar refractivity (Wildman–Crippen MR) is 88.9 cm³/mol. The van der Waals surface area contributed by atoms with Crippen molar-refractivity contribution in [1.29, 1.82) is 0 Å². The van der Waals surface area contributed by atoms with Gasteiger partial charge in [0.1, 0.15) is 6.10 Å². The van der Waals surface area contributed by atoms with E-state index < -0.39 is 8.32 Å². The van der Waals surface area contributed by atoms with Crippen molar-refractivity contribution < 1.29 is 9.16 Å². The highest BCUT2D eigenvalue weighted by Gasteiger charge is 2.40. The number of halogens is 1. The first kappa shape index (κ1) is 17.7. The molecule has 2 atom stereocenters. The van der Waals surface area contributed by atoms with Gasteiger partial charge in [0.25, 0.3) is 0 Å². The van der Waals surface area contributed by atoms with E-state index in [2.05, 4.69) is 40.8 Å². The van der Waals surface area contributed by atoms with Crippen LogP contribution in [-0.2, 0) is 9.16 Å². The number of methoxy groups -OCH3 is 1. The monoisotopic (exact) mass is 314 g/mol. The van der Waals surface area contributed by atoms with Crippen molar-refractivity contribution in [2.75, 3.05) is 7.11 Å². The summed E-state index contributed by atoms with van der Waals surface area (Å²) in [4.78, 5) is 0. The van der Waals surface area contributed by atoms with Gasteiger partial charge in [-0.05, 0) is 31.1 Å². The number of hydrogen-bond acceptors (Lipinski definition) is 2. The second-order valence-electron chi connectivity index (χ2n) is 6.76. The summed E-state index contributed by atoms with van der Waals surface area (Å²) in [6.07, 6.45) is -0.168. The van der Waals surface area contributed by atoms with Crippen LogP contribution < -0.4 is 0 Å². The van der Waals surface area contributed by atoms with Gasteiger partial charge in [-0.1, -0.05) is 50.6 Å². The van der Waals surface area contributed by atoms with Gasteiger partial charge in [0.2, 0.25) is 0 Å². The first-order valence-corrected chi connectivity index (χ1v) is 10.3. The lowest BCUT2D eigenvalue weighted by Crippen LogP contribution is -2.44. The largest absolute Gasteiger partial charge is 0.411 e. The highest BCUT2D eigenvalue weighted by Crippen LogP contribution is 2.39. The summed E-state index contributed by atoms with van der Waals surface area (Å²) in [6.45, 7) is 13.3. The summed E-state index contributed by atoms with van der Waals surface area (Å²) < 4.78 is 12.1. The molecule has 0 aliphatic heterocycles. The summed E-state index contributed by atoms with van der Waals surface area (Å²) in [5, 5.41) is 0.907. The molecule has 0 N–H and O–H groups in total. The Labute approximate surface area is 129 Å². The maximum atomic E-state index is 6.42. The fraction of sp³-hybridized carbons (Fsp3) is 0.625. The highest BCUT2D eigenvalue weighted by atomic mass is 35.5. The molecule has 0 saturated carbocycles. The third-order valence-corrected chi connectivity index (χ3v) is 9.10. The first-order valence-electron chi connectivity index (χ1n) is 7.05. The summed E-state index contributed by atoms with van der Waals surface area (Å²) >= 11 is 6.28. The second-order valence-corrected chi connectivity index (χ2v) is 11.9. The lowest BCUT2D eigenvalue weighted by Gasteiger charge is -2.40. The topological polar surface area (TPSA) is 18.5 Å². The predicted octanol–water partition coefficient (Wildman–Crippen LogP) is 5.44. The molecule has 2 unspecified atom stereocenters. The number of rotatable bonds is 5. The van der Waals surface area contributed by atoms with Crippen molar-refractivity contribution in [3.63, 3.8) is 0 Å². The lowest BCUT2D eigenvalue weighted by molar-refractivity contribution is 0.00300. The van der Waals surface area contributed by atoms with Gasteiger partial charge >= 0.3 is 0 Å². The van der Waals surface area contributed by atoms with Crippen LogP contribution in [0.4, 0.5) is 0 Å². The number of ether oxygens (including phenoxy) is 1. The molecule has 0 spiro atoms. The number of hydrogen-bond donors (Lipinski definition) is 0. The molecule has 0 radical (unpaired) electrons. The van der Waals surface area contributed by atoms with Crippen molar-refractivity contribution in [3.8, 4) is 0 Å². The van der Waals surface area contributed by atoms with E-state index in [4.69, 9.17) is 20.8 Å². The Bertz CT molecular complexity index is 440. The third-order valence-electron chi connectivity index (χ3n) is 4.18. The molecule has 0 bridgehead atoms. The molecule has 1 aromatic carbocycles. The highest BCUT2D eigenvalue weighted by molar-refractivity contribution is 6.74. The minimum atomic E-state index is -1.82. The zero-order chi connectivity index (χ0) is 15.6. The molecule has 0 heterocycles. The Morgan fingerprint density at radius 3 is 2.15 bits per heavy atom. The Morgan fingerprint density at radius 2 is 1.70 bits per heavy atom. The van der Waals surface area contributed by atoms with Crippen LogP contribution in [0.25, 0.3) is 0 Å². The third kappa shape index (κ3) is 4.07. The van der Waals surface area contributed by atoms with Gasteiger partial charge in [-0.3, -0.25) is 0 Å². The smallest absolute Gasteiger partial charge is 0.192 e. The SMILES string of the molecule is COC(c1ccccc1Cl)C(C)O[Si](C)(C)C(C)(C)C. The van der Waals surface area contributed by atoms with Crippen molar-refractivity contribution in [2.24, 2.45) is 0 Å². The van der Waals surface area contributed by atoms with E-state index in [1.165, 1.54) is 0 Å². The van der Waals surface area contributed by atoms with Gasteiger partial charge in [-0.15, -0.1) is 0 Å². The molecular formula is C16H27ClO2Si. The van der Waals surface area contributed by atoms with Crippen LogP contribution in [-0.4, -0.2) is 21.5 Å². The summed E-state index contributed by atoms with van der Waals surface area (Å²) in [6, 6.07) is 7.80. The molecule has 1 rings (SSSR count). The molecule has 0 saturated heterocycles. The number of benzene rings is 1. The first-order chi connectivity index (χ1) is 9.10. The fourth-order valence-electron chi connectivity index (χ4n) is 1.98. The van der Waals surface area contributed by atoms with Crippen LogP contribution in [0.15, 0.2) is 24.3 Å². The molecular weight excluding hydrogens is 288 g/mol. The molecule has 0 fully saturated rings. The van der Waals surface area contributed by atoms with Crippen molar-refractivity contribution in [1.82, 2.24) is 0 Å². The van der Waals surface area contributed by atoms with Crippen LogP contribution >= 0.6 is 11.6 Å². The van der Waals surface area contributed by atoms with E-state index in [1.54, 1.807) is 7.11 Å². The van der Waals surface area contributed by atoms with Crippen molar-refractivity contribution >= 4 is 19.9 Å². The minimum Gasteiger partial charge on any atom is -0.411 e. The molecule has 114 valence electrons. The zero-order valence-electron chi connectivity index (χ0n) is 13.7. The van der Waals surface area contributed by atoms with E-state index in [0.29, 0.717) is 0 Å². The normalized spacial score (nSPS) is 16.0. The maximum absolute atomic E-state index is 6.42. The zero-order valence-corrected chi connectivity index (χ0v) is 15.4. The van der Waals surface area contributed by atoms with Crippen LogP contribution in [0.3, 0.4) is 0 Å². The molecule has 0 aliphatic carbocycles. The van der Waals surface area contributed by atoms with Gasteiger partial charge in [0, 0.05) is 17.7 Å². The Hall–Kier alpha value is -0.353. The fourth-order valence-corrected chi connectivity index (χ4v) is 3.63. The van der Waals surface area contributed by atoms with Gasteiger partial charge in [-0.25, -0.2) is 0 Å². The van der Waals surface area contributed by atoms with E-state index in [1.807, 2.05) is 24.3 Å². The van der Waals surface area contributed by atoms with Gasteiger partial charge < -0.3 is 9.16 Å². The summed E-state index contributed by atoms with van der Waals surface area (Å²) in [5.74, 6) is 0. The quantitative estimate of drug-likeness (QED) is 0.674. The van der Waals surface area contributed by atoms with E-state index in [9.17, 15) is 0 Å². The Morgan fingerprint density at radius 1 is 1.15 bits per heavy atom. The van der Waals surface area contributed by atoms with Crippen molar-refractivity contribution in [2.45, 2.75) is 58.0 Å². The van der Waals surface area contributed by atoms with Crippen LogP contribution in [0.1, 0.15) is 39.4 Å². The molecule has 0 aromatic heterocycles. The molecule has 4 heteroatoms. The maximum Gasteiger partial charge on any atom is 0.192 e. The van der Waals surface area contributed by atoms with Crippen LogP contribution in [0.5, 0.6) is 0 Å². The van der Waals surface area contributed by atoms with Gasteiger partial charge in [0.05, 0.1) is 6.10 Å². The summed E-state index contributed by atoms with van der Waals surface area (Å²) in [5.41, 5.74) is 0.989. The van der Waals surface area contributed by atoms with Crippen LogP contribution in [0, 0.1) is 0 Å². The average Bonchev–Trinajstić information content (AvgIpc) is 2.30. The molecule has 20 heavy (non-hydrogen) atoms. The minimum absolute atomic E-state index is 0.0270. The van der Waals surface area contributed by atoms with Crippen LogP contribution in [0.2, 0.25) is 23.2 Å². The summed E-state index contributed by atoms with van der Waals surface area (Å²) in [7, 11) is -0.113. The van der Waals surface area contributed by atoms with Gasteiger partial charge in [0.15, 0.2) is 8.32 Å².